The average molecular weight is 245 g/mol. The zero-order valence-electron chi connectivity index (χ0n) is 11.1. The normalized spacial score (nSPS) is 37.3. The van der Waals surface area contributed by atoms with Crippen molar-refractivity contribution >= 4 is 11.8 Å². The zero-order chi connectivity index (χ0) is 12.1. The van der Waals surface area contributed by atoms with Crippen LogP contribution in [0.3, 0.4) is 0 Å². The molecule has 5 atom stereocenters. The molecule has 1 fully saturated rings. The molecule has 0 spiro atoms. The molecule has 96 valence electrons. The number of hydrogen-bond acceptors (Lipinski definition) is 3. The highest BCUT2D eigenvalue weighted by molar-refractivity contribution is 8.00. The topological polar surface area (TPSA) is 32.3 Å². The first-order chi connectivity index (χ1) is 7.58. The summed E-state index contributed by atoms with van der Waals surface area (Å²) in [5.74, 6) is 1.59. The molecule has 0 amide bonds. The van der Waals surface area contributed by atoms with Gasteiger partial charge < -0.3 is 10.4 Å². The van der Waals surface area contributed by atoms with Gasteiger partial charge in [-0.1, -0.05) is 27.7 Å². The third-order valence-electron chi connectivity index (χ3n) is 3.50. The zero-order valence-corrected chi connectivity index (χ0v) is 11.9. The lowest BCUT2D eigenvalue weighted by molar-refractivity contribution is 0.249. The Bertz CT molecular complexity index is 200. The first kappa shape index (κ1) is 14.3. The van der Waals surface area contributed by atoms with Gasteiger partial charge in [0, 0.05) is 16.5 Å². The van der Waals surface area contributed by atoms with Gasteiger partial charge in [0.15, 0.2) is 0 Å². The smallest absolute Gasteiger partial charge is 0.0547 e. The molecule has 1 aliphatic carbocycles. The highest BCUT2D eigenvalue weighted by Crippen LogP contribution is 2.37. The van der Waals surface area contributed by atoms with Gasteiger partial charge in [0.2, 0.25) is 0 Å². The average Bonchev–Trinajstić information content (AvgIpc) is 2.23. The third-order valence-corrected chi connectivity index (χ3v) is 5.22. The van der Waals surface area contributed by atoms with Crippen LogP contribution >= 0.6 is 11.8 Å². The maximum Gasteiger partial charge on any atom is 0.0547 e. The van der Waals surface area contributed by atoms with Crippen molar-refractivity contribution in [1.82, 2.24) is 5.32 Å². The number of rotatable bonds is 5. The SMILES string of the molecule is CCNC1CC(C)CC(C)C1SC(C)CO. The maximum absolute atomic E-state index is 9.18. The second-order valence-electron chi connectivity index (χ2n) is 5.31. The molecule has 1 aliphatic rings. The van der Waals surface area contributed by atoms with Crippen LogP contribution < -0.4 is 5.32 Å². The highest BCUT2D eigenvalue weighted by Gasteiger charge is 2.34. The number of hydrogen-bond donors (Lipinski definition) is 2. The largest absolute Gasteiger partial charge is 0.395 e. The van der Waals surface area contributed by atoms with Gasteiger partial charge >= 0.3 is 0 Å². The molecule has 0 aromatic rings. The lowest BCUT2D eigenvalue weighted by atomic mass is 9.80. The summed E-state index contributed by atoms with van der Waals surface area (Å²) in [6.45, 7) is 10.4. The van der Waals surface area contributed by atoms with E-state index in [4.69, 9.17) is 0 Å². The Labute approximate surface area is 105 Å². The molecule has 2 N–H and O–H groups in total. The molecule has 5 unspecified atom stereocenters. The summed E-state index contributed by atoms with van der Waals surface area (Å²) in [7, 11) is 0. The summed E-state index contributed by atoms with van der Waals surface area (Å²) < 4.78 is 0. The second kappa shape index (κ2) is 6.87. The molecule has 1 rings (SSSR count). The predicted molar refractivity (Wildman–Crippen MR) is 73.0 cm³/mol. The van der Waals surface area contributed by atoms with Crippen molar-refractivity contribution in [2.24, 2.45) is 11.8 Å². The lowest BCUT2D eigenvalue weighted by Gasteiger charge is -2.40. The van der Waals surface area contributed by atoms with Crippen molar-refractivity contribution in [3.05, 3.63) is 0 Å². The van der Waals surface area contributed by atoms with Crippen molar-refractivity contribution in [1.29, 1.82) is 0 Å². The van der Waals surface area contributed by atoms with Crippen LogP contribution in [0.1, 0.15) is 40.5 Å². The van der Waals surface area contributed by atoms with E-state index in [0.717, 1.165) is 18.4 Å². The molecule has 0 aromatic carbocycles. The van der Waals surface area contributed by atoms with Crippen LogP contribution in [-0.4, -0.2) is 34.8 Å². The van der Waals surface area contributed by atoms with Gasteiger partial charge in [-0.25, -0.2) is 0 Å². The van der Waals surface area contributed by atoms with Crippen LogP contribution in [0.15, 0.2) is 0 Å². The summed E-state index contributed by atoms with van der Waals surface area (Å²) in [6.07, 6.45) is 2.62. The Morgan fingerprint density at radius 1 is 1.38 bits per heavy atom. The third kappa shape index (κ3) is 3.94. The molecule has 0 aromatic heterocycles. The monoisotopic (exact) mass is 245 g/mol. The maximum atomic E-state index is 9.18. The number of thioether (sulfide) groups is 1. The van der Waals surface area contributed by atoms with Crippen LogP contribution in [0.2, 0.25) is 0 Å². The molecule has 1 saturated carbocycles. The van der Waals surface area contributed by atoms with Gasteiger partial charge in [-0.3, -0.25) is 0 Å². The van der Waals surface area contributed by atoms with Crippen LogP contribution in [0.5, 0.6) is 0 Å². The molecular formula is C13H27NOS. The van der Waals surface area contributed by atoms with Gasteiger partial charge in [-0.05, 0) is 31.2 Å². The fraction of sp³-hybridized carbons (Fsp3) is 1.00. The standard InChI is InChI=1S/C13H27NOS/c1-5-14-12-7-9(2)6-10(3)13(12)16-11(4)8-15/h9-15H,5-8H2,1-4H3. The van der Waals surface area contributed by atoms with E-state index in [1.54, 1.807) is 0 Å². The second-order valence-corrected chi connectivity index (χ2v) is 6.93. The van der Waals surface area contributed by atoms with Crippen LogP contribution in [0.25, 0.3) is 0 Å². The molecule has 0 bridgehead atoms. The Hall–Kier alpha value is 0.270. The van der Waals surface area contributed by atoms with Crippen molar-refractivity contribution < 1.29 is 5.11 Å². The van der Waals surface area contributed by atoms with E-state index in [1.807, 2.05) is 11.8 Å². The van der Waals surface area contributed by atoms with Crippen LogP contribution in [-0.2, 0) is 0 Å². The van der Waals surface area contributed by atoms with Gasteiger partial charge in [-0.15, -0.1) is 0 Å². The molecule has 0 saturated heterocycles. The van der Waals surface area contributed by atoms with E-state index in [0.29, 0.717) is 23.1 Å². The summed E-state index contributed by atoms with van der Waals surface area (Å²) >= 11 is 1.97. The van der Waals surface area contributed by atoms with Crippen molar-refractivity contribution in [2.75, 3.05) is 13.2 Å². The molecule has 2 nitrogen and oxygen atoms in total. The van der Waals surface area contributed by atoms with E-state index in [1.165, 1.54) is 12.8 Å². The summed E-state index contributed by atoms with van der Waals surface area (Å²) in [6, 6.07) is 0.628. The van der Waals surface area contributed by atoms with Gasteiger partial charge in [-0.2, -0.15) is 11.8 Å². The molecule has 0 heterocycles. The molecule has 3 heteroatoms. The van der Waals surface area contributed by atoms with Gasteiger partial charge in [0.25, 0.3) is 0 Å². The first-order valence-electron chi connectivity index (χ1n) is 6.58. The van der Waals surface area contributed by atoms with E-state index in [-0.39, 0.29) is 0 Å². The number of aliphatic hydroxyl groups is 1. The quantitative estimate of drug-likeness (QED) is 0.780. The predicted octanol–water partition coefficient (Wildman–Crippen LogP) is 2.51. The van der Waals surface area contributed by atoms with E-state index in [9.17, 15) is 5.11 Å². The first-order valence-corrected chi connectivity index (χ1v) is 7.52. The minimum Gasteiger partial charge on any atom is -0.395 e. The Kier molecular flexibility index (Phi) is 6.16. The van der Waals surface area contributed by atoms with Crippen molar-refractivity contribution in [2.45, 2.75) is 57.1 Å². The lowest BCUT2D eigenvalue weighted by Crippen LogP contribution is -2.47. The highest BCUT2D eigenvalue weighted by atomic mass is 32.2. The minimum atomic E-state index is 0.294. The van der Waals surface area contributed by atoms with Gasteiger partial charge in [0.1, 0.15) is 0 Å². The summed E-state index contributed by atoms with van der Waals surface area (Å²) in [4.78, 5) is 0. The minimum absolute atomic E-state index is 0.294. The van der Waals surface area contributed by atoms with Crippen LogP contribution in [0, 0.1) is 11.8 Å². The van der Waals surface area contributed by atoms with Crippen molar-refractivity contribution in [3.8, 4) is 0 Å². The number of nitrogens with one attached hydrogen (secondary N) is 1. The van der Waals surface area contributed by atoms with E-state index < -0.39 is 0 Å². The molecule has 16 heavy (non-hydrogen) atoms. The Balaban J connectivity index is 2.59. The Morgan fingerprint density at radius 2 is 2.06 bits per heavy atom. The molecule has 0 aliphatic heterocycles. The van der Waals surface area contributed by atoms with Crippen molar-refractivity contribution in [3.63, 3.8) is 0 Å². The summed E-state index contributed by atoms with van der Waals surface area (Å²) in [5.41, 5.74) is 0. The fourth-order valence-electron chi connectivity index (χ4n) is 2.83. The van der Waals surface area contributed by atoms with Crippen LogP contribution in [0.4, 0.5) is 0 Å². The summed E-state index contributed by atoms with van der Waals surface area (Å²) in [5, 5.41) is 13.8. The molecular weight excluding hydrogens is 218 g/mol. The molecule has 0 radical (unpaired) electrons. The Morgan fingerprint density at radius 3 is 2.62 bits per heavy atom. The van der Waals surface area contributed by atoms with E-state index >= 15 is 0 Å². The fourth-order valence-corrected chi connectivity index (χ4v) is 4.23. The van der Waals surface area contributed by atoms with E-state index in [2.05, 4.69) is 33.0 Å². The number of aliphatic hydroxyl groups excluding tert-OH is 1. The van der Waals surface area contributed by atoms with Gasteiger partial charge in [0.05, 0.1) is 6.61 Å².